The number of nitro groups is 1. The fourth-order valence-corrected chi connectivity index (χ4v) is 2.36. The summed E-state index contributed by atoms with van der Waals surface area (Å²) in [6.07, 6.45) is 4.02. The van der Waals surface area contributed by atoms with E-state index in [1.807, 2.05) is 0 Å². The average molecular weight is 266 g/mol. The predicted molar refractivity (Wildman–Crippen MR) is 71.7 cm³/mol. The molecule has 104 valence electrons. The van der Waals surface area contributed by atoms with Gasteiger partial charge in [-0.15, -0.1) is 0 Å². The van der Waals surface area contributed by atoms with Crippen LogP contribution in [0.3, 0.4) is 0 Å². The summed E-state index contributed by atoms with van der Waals surface area (Å²) in [5.41, 5.74) is 2.45. The summed E-state index contributed by atoms with van der Waals surface area (Å²) in [6.45, 7) is 3.64. The molecule has 0 amide bonds. The fraction of sp³-hybridized carbons (Fsp3) is 0.636. The average Bonchev–Trinajstić information content (AvgIpc) is 2.32. The Labute approximate surface area is 110 Å². The summed E-state index contributed by atoms with van der Waals surface area (Å²) < 4.78 is 0. The van der Waals surface area contributed by atoms with Crippen molar-refractivity contribution in [2.75, 3.05) is 10.7 Å². The number of nitrogens with one attached hydrogen (secondary N) is 2. The number of hydrogen-bond acceptors (Lipinski definition) is 7. The third-order valence-electron chi connectivity index (χ3n) is 3.74. The molecule has 0 atom stereocenters. The fourth-order valence-electron chi connectivity index (χ4n) is 2.36. The van der Waals surface area contributed by atoms with E-state index in [4.69, 9.17) is 5.84 Å². The molecule has 1 aromatic rings. The van der Waals surface area contributed by atoms with Gasteiger partial charge >= 0.3 is 5.69 Å². The van der Waals surface area contributed by atoms with E-state index >= 15 is 0 Å². The molecule has 0 aliphatic heterocycles. The smallest absolute Gasteiger partial charge is 0.332 e. The second-order valence-corrected chi connectivity index (χ2v) is 4.84. The molecule has 0 radical (unpaired) electrons. The molecule has 0 bridgehead atoms. The summed E-state index contributed by atoms with van der Waals surface area (Å²) >= 11 is 0. The second kappa shape index (κ2) is 4.96. The summed E-state index contributed by atoms with van der Waals surface area (Å²) in [7, 11) is 0. The highest BCUT2D eigenvalue weighted by Gasteiger charge is 2.37. The van der Waals surface area contributed by atoms with Crippen LogP contribution in [0.5, 0.6) is 0 Å². The first-order valence-corrected chi connectivity index (χ1v) is 6.29. The van der Waals surface area contributed by atoms with Gasteiger partial charge in [-0.3, -0.25) is 15.5 Å². The molecule has 8 heteroatoms. The van der Waals surface area contributed by atoms with Gasteiger partial charge in [0.1, 0.15) is 5.69 Å². The summed E-state index contributed by atoms with van der Waals surface area (Å²) in [5.74, 6) is 5.70. The summed E-state index contributed by atoms with van der Waals surface area (Å²) in [6, 6.07) is 0. The lowest BCUT2D eigenvalue weighted by molar-refractivity contribution is -0.385. The van der Waals surface area contributed by atoms with Gasteiger partial charge in [0.25, 0.3) is 0 Å². The van der Waals surface area contributed by atoms with Crippen LogP contribution in [-0.4, -0.2) is 20.4 Å². The van der Waals surface area contributed by atoms with Crippen LogP contribution < -0.4 is 16.6 Å². The number of rotatable bonds is 5. The molecule has 2 rings (SSSR count). The van der Waals surface area contributed by atoms with Gasteiger partial charge in [0, 0.05) is 5.54 Å². The van der Waals surface area contributed by atoms with Gasteiger partial charge in [0.05, 0.1) is 4.92 Å². The Morgan fingerprint density at radius 3 is 2.58 bits per heavy atom. The number of anilines is 2. The van der Waals surface area contributed by atoms with Crippen LogP contribution >= 0.6 is 0 Å². The lowest BCUT2D eigenvalue weighted by atomic mass is 9.75. The normalized spacial score (nSPS) is 16.6. The summed E-state index contributed by atoms with van der Waals surface area (Å²) in [4.78, 5) is 18.7. The van der Waals surface area contributed by atoms with Gasteiger partial charge in [-0.05, 0) is 32.6 Å². The van der Waals surface area contributed by atoms with E-state index in [1.54, 1.807) is 6.92 Å². The van der Waals surface area contributed by atoms with Crippen LogP contribution in [0.1, 0.15) is 38.3 Å². The zero-order valence-corrected chi connectivity index (χ0v) is 11.1. The van der Waals surface area contributed by atoms with Gasteiger partial charge in [-0.25, -0.2) is 10.8 Å². The van der Waals surface area contributed by atoms with E-state index < -0.39 is 4.92 Å². The van der Waals surface area contributed by atoms with Crippen molar-refractivity contribution in [3.05, 3.63) is 15.8 Å². The Kier molecular flexibility index (Phi) is 3.52. The van der Waals surface area contributed by atoms with Crippen LogP contribution in [0, 0.1) is 17.0 Å². The Hall–Kier alpha value is -1.96. The largest absolute Gasteiger partial charge is 0.359 e. The Morgan fingerprint density at radius 2 is 2.16 bits per heavy atom. The zero-order chi connectivity index (χ0) is 14.0. The first kappa shape index (κ1) is 13.5. The number of aryl methyl sites for hydroxylation is 1. The molecule has 8 nitrogen and oxygen atoms in total. The highest BCUT2D eigenvalue weighted by atomic mass is 16.6. The molecule has 0 unspecified atom stereocenters. The molecule has 1 aliphatic rings. The van der Waals surface area contributed by atoms with Gasteiger partial charge in [0.15, 0.2) is 0 Å². The standard InChI is InChI=1S/C11H18N6O2/c1-3-11(5-4-6-11)15-9-8(17(18)19)7(2)13-10(14-9)16-12/h3-6,12H2,1-2H3,(H2,13,14,15,16). The Bertz CT molecular complexity index is 495. The van der Waals surface area contributed by atoms with Crippen LogP contribution in [0.15, 0.2) is 0 Å². The van der Waals surface area contributed by atoms with Crippen LogP contribution in [-0.2, 0) is 0 Å². The minimum absolute atomic E-state index is 0.0845. The number of nitrogens with zero attached hydrogens (tertiary/aromatic N) is 3. The van der Waals surface area contributed by atoms with Crippen LogP contribution in [0.2, 0.25) is 0 Å². The third-order valence-corrected chi connectivity index (χ3v) is 3.74. The summed E-state index contributed by atoms with van der Waals surface area (Å²) in [5, 5.41) is 14.4. The van der Waals surface area contributed by atoms with Crippen molar-refractivity contribution in [2.45, 2.75) is 45.1 Å². The Balaban J connectivity index is 2.41. The first-order valence-electron chi connectivity index (χ1n) is 6.29. The molecule has 1 heterocycles. The number of hydrazine groups is 1. The predicted octanol–water partition coefficient (Wildman–Crippen LogP) is 1.72. The first-order chi connectivity index (χ1) is 9.01. The monoisotopic (exact) mass is 266 g/mol. The zero-order valence-electron chi connectivity index (χ0n) is 11.1. The SMILES string of the molecule is CCC1(Nc2nc(NN)nc(C)c2[N+](=O)[O-])CCC1. The van der Waals surface area contributed by atoms with Crippen molar-refractivity contribution in [1.82, 2.24) is 9.97 Å². The highest BCUT2D eigenvalue weighted by molar-refractivity contribution is 5.62. The number of nitrogen functional groups attached to an aromatic ring is 1. The highest BCUT2D eigenvalue weighted by Crippen LogP contribution is 2.40. The lowest BCUT2D eigenvalue weighted by Gasteiger charge is -2.42. The molecule has 0 spiro atoms. The maximum atomic E-state index is 11.2. The molecular weight excluding hydrogens is 248 g/mol. The van der Waals surface area contributed by atoms with Crippen molar-refractivity contribution >= 4 is 17.5 Å². The number of nitrogens with two attached hydrogens (primary N) is 1. The quantitative estimate of drug-likeness (QED) is 0.421. The Morgan fingerprint density at radius 1 is 1.47 bits per heavy atom. The van der Waals surface area contributed by atoms with Crippen molar-refractivity contribution in [2.24, 2.45) is 5.84 Å². The molecule has 1 aromatic heterocycles. The van der Waals surface area contributed by atoms with Gasteiger partial charge in [-0.1, -0.05) is 6.92 Å². The van der Waals surface area contributed by atoms with E-state index in [0.29, 0.717) is 5.69 Å². The maximum Gasteiger partial charge on any atom is 0.332 e. The third kappa shape index (κ3) is 2.43. The van der Waals surface area contributed by atoms with Crippen molar-refractivity contribution in [3.8, 4) is 0 Å². The number of aromatic nitrogens is 2. The van der Waals surface area contributed by atoms with E-state index in [1.165, 1.54) is 0 Å². The minimum atomic E-state index is -0.458. The van der Waals surface area contributed by atoms with Crippen molar-refractivity contribution < 1.29 is 4.92 Å². The van der Waals surface area contributed by atoms with Crippen LogP contribution in [0.4, 0.5) is 17.5 Å². The molecule has 1 aliphatic carbocycles. The molecule has 4 N–H and O–H groups in total. The van der Waals surface area contributed by atoms with E-state index in [2.05, 4.69) is 27.6 Å². The van der Waals surface area contributed by atoms with Crippen molar-refractivity contribution in [3.63, 3.8) is 0 Å². The molecule has 0 aromatic carbocycles. The molecule has 0 saturated heterocycles. The maximum absolute atomic E-state index is 11.2. The van der Waals surface area contributed by atoms with Crippen molar-refractivity contribution in [1.29, 1.82) is 0 Å². The van der Waals surface area contributed by atoms with E-state index in [9.17, 15) is 10.1 Å². The van der Waals surface area contributed by atoms with Gasteiger partial charge in [0.2, 0.25) is 11.8 Å². The van der Waals surface area contributed by atoms with E-state index in [-0.39, 0.29) is 23.0 Å². The number of hydrogen-bond donors (Lipinski definition) is 3. The molecular formula is C11H18N6O2. The minimum Gasteiger partial charge on any atom is -0.359 e. The lowest BCUT2D eigenvalue weighted by Crippen LogP contribution is -2.44. The molecule has 1 saturated carbocycles. The molecule has 1 fully saturated rings. The van der Waals surface area contributed by atoms with Gasteiger partial charge in [-0.2, -0.15) is 4.98 Å². The van der Waals surface area contributed by atoms with E-state index in [0.717, 1.165) is 25.7 Å². The second-order valence-electron chi connectivity index (χ2n) is 4.84. The topological polar surface area (TPSA) is 119 Å². The van der Waals surface area contributed by atoms with Gasteiger partial charge < -0.3 is 5.32 Å². The van der Waals surface area contributed by atoms with Crippen LogP contribution in [0.25, 0.3) is 0 Å². The molecule has 19 heavy (non-hydrogen) atoms.